The van der Waals surface area contributed by atoms with E-state index < -0.39 is 29.5 Å². The molecule has 1 saturated heterocycles. The smallest absolute Gasteiger partial charge is 0.340 e. The predicted octanol–water partition coefficient (Wildman–Crippen LogP) is 3.89. The van der Waals surface area contributed by atoms with Crippen LogP contribution in [0.1, 0.15) is 12.0 Å². The molecule has 1 aliphatic heterocycles. The quantitative estimate of drug-likeness (QED) is 0.408. The number of methoxy groups -OCH3 is 1. The molecule has 0 N–H and O–H groups in total. The van der Waals surface area contributed by atoms with Crippen LogP contribution in [0.15, 0.2) is 52.3 Å². The van der Waals surface area contributed by atoms with Crippen molar-refractivity contribution < 1.29 is 17.9 Å². The third kappa shape index (κ3) is 3.98. The average molecular weight is 518 g/mol. The van der Waals surface area contributed by atoms with E-state index in [1.54, 1.807) is 19.2 Å². The van der Waals surface area contributed by atoms with Crippen LogP contribution in [0.2, 0.25) is 5.02 Å². The second kappa shape index (κ2) is 8.66. The van der Waals surface area contributed by atoms with Gasteiger partial charge in [-0.2, -0.15) is 4.98 Å². The molecule has 0 saturated carbocycles. The second-order valence-electron chi connectivity index (χ2n) is 8.49. The number of ether oxygens (including phenoxy) is 1. The van der Waals surface area contributed by atoms with Crippen molar-refractivity contribution in [3.05, 3.63) is 80.0 Å². The molecule has 5 rings (SSSR count). The molecule has 0 radical (unpaired) electrons. The van der Waals surface area contributed by atoms with Gasteiger partial charge in [-0.15, -0.1) is 0 Å². The van der Waals surface area contributed by atoms with Crippen molar-refractivity contribution in [3.8, 4) is 17.3 Å². The molecule has 8 nitrogen and oxygen atoms in total. The molecule has 0 aliphatic carbocycles. The van der Waals surface area contributed by atoms with E-state index >= 15 is 0 Å². The second-order valence-corrected chi connectivity index (χ2v) is 8.90. The maximum Gasteiger partial charge on any atom is 0.340 e. The Hall–Kier alpha value is -3.86. The fourth-order valence-corrected chi connectivity index (χ4v) is 4.45. The van der Waals surface area contributed by atoms with Crippen LogP contribution in [0.5, 0.6) is 5.88 Å². The summed E-state index contributed by atoms with van der Waals surface area (Å²) in [5.74, 6) is -3.66. The molecular weight excluding hydrogens is 499 g/mol. The summed E-state index contributed by atoms with van der Waals surface area (Å²) in [6.07, 6.45) is 2.55. The van der Waals surface area contributed by atoms with Crippen LogP contribution < -0.4 is 20.9 Å². The van der Waals surface area contributed by atoms with Gasteiger partial charge < -0.3 is 9.64 Å². The monoisotopic (exact) mass is 517 g/mol. The van der Waals surface area contributed by atoms with Crippen molar-refractivity contribution in [2.75, 3.05) is 25.1 Å². The molecule has 0 amide bonds. The molecule has 1 aromatic carbocycles. The van der Waals surface area contributed by atoms with Gasteiger partial charge in [0.2, 0.25) is 5.88 Å². The first-order chi connectivity index (χ1) is 17.1. The summed E-state index contributed by atoms with van der Waals surface area (Å²) < 4.78 is 49.3. The first-order valence-corrected chi connectivity index (χ1v) is 11.2. The van der Waals surface area contributed by atoms with Crippen LogP contribution in [0, 0.1) is 12.7 Å². The molecular formula is C24H19ClF3N5O3. The topological polar surface area (TPSA) is 82.2 Å². The minimum absolute atomic E-state index is 0.0211. The Morgan fingerprint density at radius 3 is 2.50 bits per heavy atom. The number of alkyl halides is 2. The number of hydrogen-bond donors (Lipinski definition) is 0. The molecule has 3 aromatic heterocycles. The van der Waals surface area contributed by atoms with E-state index in [2.05, 4.69) is 9.97 Å². The lowest BCUT2D eigenvalue weighted by molar-refractivity contribution is 0.0256. The Morgan fingerprint density at radius 1 is 1.08 bits per heavy atom. The molecule has 4 aromatic rings. The lowest BCUT2D eigenvalue weighted by Gasteiger charge is -2.21. The number of rotatable bonds is 4. The Balaban J connectivity index is 1.91. The van der Waals surface area contributed by atoms with Gasteiger partial charge in [0.25, 0.3) is 11.5 Å². The van der Waals surface area contributed by atoms with Gasteiger partial charge in [-0.3, -0.25) is 14.3 Å². The number of nitrogens with zero attached hydrogens (tertiary/aromatic N) is 5. The number of halogens is 4. The Bertz CT molecular complexity index is 1640. The molecule has 1 aliphatic rings. The number of hydrogen-bond acceptors (Lipinski definition) is 6. The Kier molecular flexibility index (Phi) is 5.74. The van der Waals surface area contributed by atoms with Crippen molar-refractivity contribution in [1.82, 2.24) is 19.1 Å². The third-order valence-electron chi connectivity index (χ3n) is 5.96. The molecule has 186 valence electrons. The van der Waals surface area contributed by atoms with Crippen molar-refractivity contribution in [1.29, 1.82) is 0 Å². The van der Waals surface area contributed by atoms with E-state index in [-0.39, 0.29) is 52.0 Å². The van der Waals surface area contributed by atoms with Gasteiger partial charge in [0, 0.05) is 25.2 Å². The maximum atomic E-state index is 14.0. The van der Waals surface area contributed by atoms with Gasteiger partial charge in [0.05, 0.1) is 41.8 Å². The maximum absolute atomic E-state index is 14.0. The Labute approximate surface area is 207 Å². The zero-order valence-corrected chi connectivity index (χ0v) is 19.9. The van der Waals surface area contributed by atoms with Crippen molar-refractivity contribution in [2.24, 2.45) is 0 Å². The summed E-state index contributed by atoms with van der Waals surface area (Å²) in [6.45, 7) is 1.20. The molecule has 4 heterocycles. The van der Waals surface area contributed by atoms with Crippen LogP contribution >= 0.6 is 11.6 Å². The highest BCUT2D eigenvalue weighted by Gasteiger charge is 2.39. The molecule has 0 bridgehead atoms. The van der Waals surface area contributed by atoms with Crippen LogP contribution in [0.25, 0.3) is 22.3 Å². The van der Waals surface area contributed by atoms with Crippen LogP contribution in [0.4, 0.5) is 19.0 Å². The number of fused-ring (bicyclic) bond motifs is 1. The normalized spacial score (nSPS) is 15.0. The minimum atomic E-state index is -2.91. The SMILES string of the molecule is COc1nc(N2CCC(F)(F)C2)cc2c1c(=O)n(-c1cncc(C)c1)c(=O)n2-c1ccc(F)c(Cl)c1. The summed E-state index contributed by atoms with van der Waals surface area (Å²) >= 11 is 6.00. The van der Waals surface area contributed by atoms with Gasteiger partial charge >= 0.3 is 5.69 Å². The van der Waals surface area contributed by atoms with Crippen molar-refractivity contribution >= 4 is 28.3 Å². The fraction of sp³-hybridized carbons (Fsp3) is 0.250. The van der Waals surface area contributed by atoms with E-state index in [9.17, 15) is 22.8 Å². The highest BCUT2D eigenvalue weighted by Crippen LogP contribution is 2.33. The van der Waals surface area contributed by atoms with E-state index in [1.807, 2.05) is 0 Å². The highest BCUT2D eigenvalue weighted by atomic mass is 35.5. The zero-order valence-electron chi connectivity index (χ0n) is 19.1. The van der Waals surface area contributed by atoms with Crippen molar-refractivity contribution in [3.63, 3.8) is 0 Å². The molecule has 12 heteroatoms. The highest BCUT2D eigenvalue weighted by molar-refractivity contribution is 6.30. The molecule has 1 fully saturated rings. The van der Waals surface area contributed by atoms with Crippen LogP contribution in [-0.2, 0) is 0 Å². The summed E-state index contributed by atoms with van der Waals surface area (Å²) in [6, 6.07) is 6.61. The number of pyridine rings is 2. The van der Waals surface area contributed by atoms with Gasteiger partial charge in [-0.1, -0.05) is 11.6 Å². The molecule has 0 spiro atoms. The van der Waals surface area contributed by atoms with Gasteiger partial charge in [0.15, 0.2) is 0 Å². The number of aryl methyl sites for hydroxylation is 1. The number of anilines is 1. The summed E-state index contributed by atoms with van der Waals surface area (Å²) in [5, 5.41) is -0.322. The zero-order chi connectivity index (χ0) is 25.8. The first-order valence-electron chi connectivity index (χ1n) is 10.9. The average Bonchev–Trinajstić information content (AvgIpc) is 3.20. The molecule has 36 heavy (non-hydrogen) atoms. The lowest BCUT2D eigenvalue weighted by atomic mass is 10.2. The molecule has 0 atom stereocenters. The van der Waals surface area contributed by atoms with Crippen LogP contribution in [-0.4, -0.2) is 45.2 Å². The van der Waals surface area contributed by atoms with Gasteiger partial charge in [-0.25, -0.2) is 22.5 Å². The van der Waals surface area contributed by atoms with Crippen LogP contribution in [0.3, 0.4) is 0 Å². The summed E-state index contributed by atoms with van der Waals surface area (Å²) in [5.41, 5.74) is -0.453. The van der Waals surface area contributed by atoms with Crippen molar-refractivity contribution in [2.45, 2.75) is 19.3 Å². The van der Waals surface area contributed by atoms with E-state index in [0.29, 0.717) is 5.56 Å². The molecule has 0 unspecified atom stereocenters. The summed E-state index contributed by atoms with van der Waals surface area (Å²) in [4.78, 5) is 37.2. The third-order valence-corrected chi connectivity index (χ3v) is 6.25. The van der Waals surface area contributed by atoms with E-state index in [4.69, 9.17) is 16.3 Å². The first kappa shape index (κ1) is 23.9. The van der Waals surface area contributed by atoms with Gasteiger partial charge in [0.1, 0.15) is 17.0 Å². The minimum Gasteiger partial charge on any atom is -0.480 e. The predicted molar refractivity (Wildman–Crippen MR) is 129 cm³/mol. The number of benzene rings is 1. The van der Waals surface area contributed by atoms with E-state index in [1.165, 1.54) is 36.4 Å². The summed E-state index contributed by atoms with van der Waals surface area (Å²) in [7, 11) is 1.28. The standard InChI is InChI=1S/C24H19ClF3N5O3/c1-13-7-15(11-29-10-13)33-22(34)20-18(32(23(33)35)14-3-4-17(26)16(25)8-14)9-19(30-21(20)36-2)31-6-5-24(27,28)12-31/h3-4,7-11H,5-6,12H2,1-2H3. The fourth-order valence-electron chi connectivity index (χ4n) is 4.28. The largest absolute Gasteiger partial charge is 0.480 e. The van der Waals surface area contributed by atoms with Gasteiger partial charge in [-0.05, 0) is 36.8 Å². The lowest BCUT2D eigenvalue weighted by Crippen LogP contribution is -2.39. The Morgan fingerprint density at radius 2 is 1.86 bits per heavy atom. The van der Waals surface area contributed by atoms with E-state index in [0.717, 1.165) is 15.2 Å². The number of aromatic nitrogens is 4.